The van der Waals surface area contributed by atoms with Crippen molar-refractivity contribution in [2.75, 3.05) is 0 Å². The number of fused-ring (bicyclic) bond motifs is 3. The van der Waals surface area contributed by atoms with Crippen LogP contribution in [0.25, 0.3) is 10.9 Å². The molecule has 1 N–H and O–H groups in total. The molecule has 0 saturated carbocycles. The second-order valence-electron chi connectivity index (χ2n) is 4.86. The van der Waals surface area contributed by atoms with Gasteiger partial charge in [-0.1, -0.05) is 6.42 Å². The van der Waals surface area contributed by atoms with E-state index in [1.54, 1.807) is 0 Å². The highest BCUT2D eigenvalue weighted by Gasteiger charge is 2.20. The molecule has 0 radical (unpaired) electrons. The Morgan fingerprint density at radius 3 is 2.76 bits per heavy atom. The lowest BCUT2D eigenvalue weighted by Crippen LogP contribution is -1.97. The van der Waals surface area contributed by atoms with E-state index in [0.29, 0.717) is 0 Å². The number of rotatable bonds is 0. The SMILES string of the molecule is Cn1c2c(c3c(O)cc(F)cc31)CCCCC2. The summed E-state index contributed by atoms with van der Waals surface area (Å²) in [5.74, 6) is -0.287. The summed E-state index contributed by atoms with van der Waals surface area (Å²) in [6.45, 7) is 0. The Morgan fingerprint density at radius 2 is 1.94 bits per heavy atom. The summed E-state index contributed by atoms with van der Waals surface area (Å²) in [6, 6.07) is 2.73. The Bertz CT molecular complexity index is 586. The van der Waals surface area contributed by atoms with Crippen LogP contribution in [-0.4, -0.2) is 9.67 Å². The van der Waals surface area contributed by atoms with Crippen LogP contribution in [0.5, 0.6) is 5.75 Å². The van der Waals surface area contributed by atoms with Gasteiger partial charge < -0.3 is 9.67 Å². The molecular formula is C14H16FNO. The van der Waals surface area contributed by atoms with E-state index in [1.165, 1.54) is 36.2 Å². The summed E-state index contributed by atoms with van der Waals surface area (Å²) in [6.07, 6.45) is 5.59. The average Bonchev–Trinajstić information content (AvgIpc) is 2.48. The van der Waals surface area contributed by atoms with Gasteiger partial charge in [0, 0.05) is 24.2 Å². The van der Waals surface area contributed by atoms with Crippen LogP contribution in [0.1, 0.15) is 30.5 Å². The van der Waals surface area contributed by atoms with Crippen LogP contribution in [0.2, 0.25) is 0 Å². The molecule has 2 aromatic rings. The molecule has 0 spiro atoms. The lowest BCUT2D eigenvalue weighted by Gasteiger charge is -2.03. The molecule has 1 aromatic heterocycles. The van der Waals surface area contributed by atoms with E-state index in [-0.39, 0.29) is 11.6 Å². The first-order valence-electron chi connectivity index (χ1n) is 6.17. The monoisotopic (exact) mass is 233 g/mol. The molecule has 0 unspecified atom stereocenters. The first-order valence-corrected chi connectivity index (χ1v) is 6.17. The lowest BCUT2D eigenvalue weighted by molar-refractivity contribution is 0.475. The third-order valence-electron chi connectivity index (χ3n) is 3.82. The Hall–Kier alpha value is -1.51. The molecule has 3 heteroatoms. The van der Waals surface area contributed by atoms with Gasteiger partial charge in [-0.3, -0.25) is 0 Å². The van der Waals surface area contributed by atoms with Gasteiger partial charge in [-0.15, -0.1) is 0 Å². The van der Waals surface area contributed by atoms with Gasteiger partial charge >= 0.3 is 0 Å². The smallest absolute Gasteiger partial charge is 0.129 e. The van der Waals surface area contributed by atoms with Crippen LogP contribution in [0.15, 0.2) is 12.1 Å². The highest BCUT2D eigenvalue weighted by molar-refractivity contribution is 5.91. The van der Waals surface area contributed by atoms with Gasteiger partial charge in [0.1, 0.15) is 11.6 Å². The third-order valence-corrected chi connectivity index (χ3v) is 3.82. The molecule has 1 aliphatic rings. The Balaban J connectivity index is 2.37. The number of aromatic hydroxyl groups is 1. The Kier molecular flexibility index (Phi) is 2.35. The molecule has 1 aromatic carbocycles. The summed E-state index contributed by atoms with van der Waals surface area (Å²) in [7, 11) is 1.96. The quantitative estimate of drug-likeness (QED) is 0.694. The molecule has 3 rings (SSSR count). The predicted molar refractivity (Wildman–Crippen MR) is 65.8 cm³/mol. The van der Waals surface area contributed by atoms with E-state index in [4.69, 9.17) is 0 Å². The summed E-state index contributed by atoms with van der Waals surface area (Å²) in [5.41, 5.74) is 3.30. The number of phenolic OH excluding ortho intramolecular Hbond substituents is 1. The van der Waals surface area contributed by atoms with Crippen molar-refractivity contribution in [1.29, 1.82) is 0 Å². The van der Waals surface area contributed by atoms with Gasteiger partial charge in [-0.25, -0.2) is 4.39 Å². The molecule has 1 heterocycles. The fourth-order valence-electron chi connectivity index (χ4n) is 3.00. The minimum atomic E-state index is -0.370. The number of phenols is 1. The maximum atomic E-state index is 13.3. The molecule has 0 bridgehead atoms. The number of aryl methyl sites for hydroxylation is 2. The number of benzene rings is 1. The van der Waals surface area contributed by atoms with Crippen molar-refractivity contribution in [2.24, 2.45) is 7.05 Å². The van der Waals surface area contributed by atoms with E-state index < -0.39 is 0 Å². The minimum absolute atomic E-state index is 0.0822. The first-order chi connectivity index (χ1) is 8.18. The fraction of sp³-hybridized carbons (Fsp3) is 0.429. The first kappa shape index (κ1) is 10.6. The van der Waals surface area contributed by atoms with E-state index in [0.717, 1.165) is 30.2 Å². The van der Waals surface area contributed by atoms with Crippen molar-refractivity contribution in [3.05, 3.63) is 29.2 Å². The predicted octanol–water partition coefficient (Wildman–Crippen LogP) is 3.29. The van der Waals surface area contributed by atoms with Crippen molar-refractivity contribution >= 4 is 10.9 Å². The van der Waals surface area contributed by atoms with Gasteiger partial charge in [0.2, 0.25) is 0 Å². The summed E-state index contributed by atoms with van der Waals surface area (Å²) >= 11 is 0. The van der Waals surface area contributed by atoms with Gasteiger partial charge in [0.15, 0.2) is 0 Å². The fourth-order valence-corrected chi connectivity index (χ4v) is 3.00. The molecule has 90 valence electrons. The Labute approximate surface area is 99.7 Å². The van der Waals surface area contributed by atoms with Crippen LogP contribution in [0, 0.1) is 5.82 Å². The molecule has 2 nitrogen and oxygen atoms in total. The van der Waals surface area contributed by atoms with Crippen molar-refractivity contribution < 1.29 is 9.50 Å². The van der Waals surface area contributed by atoms with Crippen LogP contribution in [-0.2, 0) is 19.9 Å². The topological polar surface area (TPSA) is 25.2 Å². The van der Waals surface area contributed by atoms with E-state index in [1.807, 2.05) is 11.6 Å². The number of hydrogen-bond acceptors (Lipinski definition) is 1. The summed E-state index contributed by atoms with van der Waals surface area (Å²) in [5, 5.41) is 10.8. The number of aromatic nitrogens is 1. The van der Waals surface area contributed by atoms with Crippen LogP contribution in [0.4, 0.5) is 4.39 Å². The van der Waals surface area contributed by atoms with Crippen molar-refractivity contribution in [1.82, 2.24) is 4.57 Å². The van der Waals surface area contributed by atoms with Gasteiger partial charge in [0.25, 0.3) is 0 Å². The van der Waals surface area contributed by atoms with Gasteiger partial charge in [0.05, 0.1) is 5.52 Å². The number of nitrogens with zero attached hydrogens (tertiary/aromatic N) is 1. The maximum absolute atomic E-state index is 13.3. The largest absolute Gasteiger partial charge is 0.507 e. The second-order valence-corrected chi connectivity index (χ2v) is 4.86. The van der Waals surface area contributed by atoms with Crippen LogP contribution in [0.3, 0.4) is 0 Å². The van der Waals surface area contributed by atoms with E-state index in [2.05, 4.69) is 0 Å². The molecule has 0 amide bonds. The van der Waals surface area contributed by atoms with E-state index >= 15 is 0 Å². The molecular weight excluding hydrogens is 217 g/mol. The Morgan fingerprint density at radius 1 is 1.18 bits per heavy atom. The zero-order valence-corrected chi connectivity index (χ0v) is 9.96. The zero-order valence-electron chi connectivity index (χ0n) is 9.96. The van der Waals surface area contributed by atoms with Crippen molar-refractivity contribution in [2.45, 2.75) is 32.1 Å². The van der Waals surface area contributed by atoms with Crippen LogP contribution >= 0.6 is 0 Å². The number of halogens is 1. The molecule has 17 heavy (non-hydrogen) atoms. The minimum Gasteiger partial charge on any atom is -0.507 e. The van der Waals surface area contributed by atoms with Crippen LogP contribution < -0.4 is 0 Å². The van der Waals surface area contributed by atoms with E-state index in [9.17, 15) is 9.50 Å². The standard InChI is InChI=1S/C14H16FNO/c1-16-11-6-4-2-3-5-10(11)14-12(16)7-9(15)8-13(14)17/h7-8,17H,2-6H2,1H3. The van der Waals surface area contributed by atoms with Crippen molar-refractivity contribution in [3.63, 3.8) is 0 Å². The third kappa shape index (κ3) is 1.53. The normalized spacial score (nSPS) is 15.9. The lowest BCUT2D eigenvalue weighted by atomic mass is 10.1. The molecule has 0 aliphatic heterocycles. The van der Waals surface area contributed by atoms with Gasteiger partial charge in [-0.05, 0) is 37.3 Å². The molecule has 1 aliphatic carbocycles. The summed E-state index contributed by atoms with van der Waals surface area (Å²) in [4.78, 5) is 0. The highest BCUT2D eigenvalue weighted by atomic mass is 19.1. The average molecular weight is 233 g/mol. The zero-order chi connectivity index (χ0) is 12.0. The van der Waals surface area contributed by atoms with Gasteiger partial charge in [-0.2, -0.15) is 0 Å². The second kappa shape index (κ2) is 3.76. The molecule has 0 saturated heterocycles. The van der Waals surface area contributed by atoms with Crippen molar-refractivity contribution in [3.8, 4) is 5.75 Å². The number of hydrogen-bond donors (Lipinski definition) is 1. The molecule has 0 atom stereocenters. The molecule has 0 fully saturated rings. The maximum Gasteiger partial charge on any atom is 0.129 e. The summed E-state index contributed by atoms with van der Waals surface area (Å²) < 4.78 is 15.4. The highest BCUT2D eigenvalue weighted by Crippen LogP contribution is 2.36.